The molecule has 0 aliphatic rings. The Kier molecular flexibility index (Phi) is 3.28. The summed E-state index contributed by atoms with van der Waals surface area (Å²) in [6.45, 7) is 0. The lowest BCUT2D eigenvalue weighted by Crippen LogP contribution is -2.41. The molecule has 4 rings (SSSR count). The number of fused-ring (bicyclic) bond motifs is 2. The molecule has 0 radical (unpaired) electrons. The SMILES string of the molecule is O=C(NNC(=O)c1c[nH]c2ccccc12)c1cc2ccccc2[nH]1. The third-order valence-electron chi connectivity index (χ3n) is 3.90. The number of hydrazine groups is 1. The zero-order valence-corrected chi connectivity index (χ0v) is 12.6. The van der Waals surface area contributed by atoms with Crippen LogP contribution in [0.3, 0.4) is 0 Å². The van der Waals surface area contributed by atoms with E-state index in [0.29, 0.717) is 11.3 Å². The van der Waals surface area contributed by atoms with Crippen LogP contribution in [0.2, 0.25) is 0 Å². The van der Waals surface area contributed by atoms with E-state index in [2.05, 4.69) is 20.8 Å². The maximum absolute atomic E-state index is 12.3. The van der Waals surface area contributed by atoms with Crippen molar-refractivity contribution in [3.63, 3.8) is 0 Å². The largest absolute Gasteiger partial charge is 0.360 e. The average Bonchev–Trinajstić information content (AvgIpc) is 3.23. The number of hydrogen-bond donors (Lipinski definition) is 4. The molecule has 6 heteroatoms. The first-order valence-corrected chi connectivity index (χ1v) is 7.47. The molecule has 0 spiro atoms. The third kappa shape index (κ3) is 2.40. The Morgan fingerprint density at radius 1 is 0.833 bits per heavy atom. The number of rotatable bonds is 2. The van der Waals surface area contributed by atoms with E-state index < -0.39 is 5.91 Å². The number of benzene rings is 2. The predicted molar refractivity (Wildman–Crippen MR) is 91.5 cm³/mol. The van der Waals surface area contributed by atoms with E-state index in [9.17, 15) is 9.59 Å². The van der Waals surface area contributed by atoms with Gasteiger partial charge in [0.05, 0.1) is 5.56 Å². The topological polar surface area (TPSA) is 89.8 Å². The van der Waals surface area contributed by atoms with Crippen LogP contribution in [0, 0.1) is 0 Å². The Bertz CT molecular complexity index is 1030. The molecular weight excluding hydrogens is 304 g/mol. The van der Waals surface area contributed by atoms with Gasteiger partial charge in [0.15, 0.2) is 0 Å². The predicted octanol–water partition coefficient (Wildman–Crippen LogP) is 2.72. The average molecular weight is 318 g/mol. The highest BCUT2D eigenvalue weighted by Gasteiger charge is 2.14. The summed E-state index contributed by atoms with van der Waals surface area (Å²) in [5.74, 6) is -0.781. The third-order valence-corrected chi connectivity index (χ3v) is 3.90. The van der Waals surface area contributed by atoms with Gasteiger partial charge in [0, 0.05) is 28.0 Å². The van der Waals surface area contributed by atoms with Crippen LogP contribution in [-0.4, -0.2) is 21.8 Å². The van der Waals surface area contributed by atoms with Crippen LogP contribution in [0.25, 0.3) is 21.8 Å². The van der Waals surface area contributed by atoms with E-state index in [4.69, 9.17) is 0 Å². The van der Waals surface area contributed by atoms with Gasteiger partial charge in [-0.25, -0.2) is 0 Å². The number of H-pyrrole nitrogens is 2. The first-order chi connectivity index (χ1) is 11.7. The molecule has 118 valence electrons. The molecule has 2 amide bonds. The Morgan fingerprint density at radius 3 is 2.38 bits per heavy atom. The van der Waals surface area contributed by atoms with Crippen LogP contribution in [-0.2, 0) is 0 Å². The van der Waals surface area contributed by atoms with E-state index in [1.54, 1.807) is 12.3 Å². The first-order valence-electron chi connectivity index (χ1n) is 7.47. The quantitative estimate of drug-likeness (QED) is 0.428. The zero-order chi connectivity index (χ0) is 16.5. The van der Waals surface area contributed by atoms with Crippen LogP contribution in [0.15, 0.2) is 60.8 Å². The Hall–Kier alpha value is -3.54. The smallest absolute Gasteiger partial charge is 0.286 e. The van der Waals surface area contributed by atoms with Gasteiger partial charge in [-0.15, -0.1) is 0 Å². The molecule has 0 fully saturated rings. The molecule has 0 atom stereocenters. The van der Waals surface area contributed by atoms with E-state index >= 15 is 0 Å². The highest BCUT2D eigenvalue weighted by atomic mass is 16.2. The van der Waals surface area contributed by atoms with Crippen molar-refractivity contribution in [1.29, 1.82) is 0 Å². The van der Waals surface area contributed by atoms with E-state index in [1.807, 2.05) is 48.5 Å². The summed E-state index contributed by atoms with van der Waals surface area (Å²) in [6, 6.07) is 16.8. The second-order valence-corrected chi connectivity index (χ2v) is 5.43. The standard InChI is InChI=1S/C18H14N4O2/c23-17(13-10-19-15-8-4-2-6-12(13)15)21-22-18(24)16-9-11-5-1-3-7-14(11)20-16/h1-10,19-20H,(H,21,23)(H,22,24). The molecular formula is C18H14N4O2. The first kappa shape index (κ1) is 14.1. The van der Waals surface area contributed by atoms with Gasteiger partial charge in [-0.2, -0.15) is 0 Å². The minimum atomic E-state index is -0.403. The van der Waals surface area contributed by atoms with Gasteiger partial charge in [0.25, 0.3) is 11.8 Å². The van der Waals surface area contributed by atoms with E-state index in [-0.39, 0.29) is 5.91 Å². The second kappa shape index (κ2) is 5.58. The molecule has 4 aromatic rings. The van der Waals surface area contributed by atoms with Crippen molar-refractivity contribution < 1.29 is 9.59 Å². The van der Waals surface area contributed by atoms with Gasteiger partial charge < -0.3 is 9.97 Å². The van der Waals surface area contributed by atoms with Crippen molar-refractivity contribution in [3.8, 4) is 0 Å². The van der Waals surface area contributed by atoms with Crippen LogP contribution >= 0.6 is 0 Å². The lowest BCUT2D eigenvalue weighted by atomic mass is 10.2. The Labute approximate surface area is 136 Å². The van der Waals surface area contributed by atoms with Gasteiger partial charge >= 0.3 is 0 Å². The van der Waals surface area contributed by atoms with Gasteiger partial charge in [0.1, 0.15) is 5.69 Å². The van der Waals surface area contributed by atoms with Crippen molar-refractivity contribution in [2.75, 3.05) is 0 Å². The van der Waals surface area contributed by atoms with Crippen LogP contribution in [0.4, 0.5) is 0 Å². The highest BCUT2D eigenvalue weighted by Crippen LogP contribution is 2.17. The maximum Gasteiger partial charge on any atom is 0.286 e. The fourth-order valence-corrected chi connectivity index (χ4v) is 2.70. The second-order valence-electron chi connectivity index (χ2n) is 5.43. The number of nitrogens with one attached hydrogen (secondary N) is 4. The van der Waals surface area contributed by atoms with Gasteiger partial charge in [0.2, 0.25) is 0 Å². The summed E-state index contributed by atoms with van der Waals surface area (Å²) < 4.78 is 0. The molecule has 0 bridgehead atoms. The molecule has 0 saturated carbocycles. The molecule has 6 nitrogen and oxygen atoms in total. The fraction of sp³-hybridized carbons (Fsp3) is 0. The zero-order valence-electron chi connectivity index (χ0n) is 12.6. The molecule has 2 aromatic heterocycles. The summed E-state index contributed by atoms with van der Waals surface area (Å²) in [6.07, 6.45) is 1.62. The number of carbonyl (C=O) groups excluding carboxylic acids is 2. The summed E-state index contributed by atoms with van der Waals surface area (Å²) in [5, 5.41) is 1.74. The number of aromatic amines is 2. The highest BCUT2D eigenvalue weighted by molar-refractivity contribution is 6.07. The lowest BCUT2D eigenvalue weighted by molar-refractivity contribution is 0.0845. The van der Waals surface area contributed by atoms with Crippen molar-refractivity contribution in [1.82, 2.24) is 20.8 Å². The Morgan fingerprint density at radius 2 is 1.54 bits per heavy atom. The van der Waals surface area contributed by atoms with Crippen LogP contribution in [0.1, 0.15) is 20.8 Å². The molecule has 0 saturated heterocycles. The molecule has 0 aliphatic carbocycles. The van der Waals surface area contributed by atoms with Gasteiger partial charge in [-0.1, -0.05) is 36.4 Å². The number of para-hydroxylation sites is 2. The lowest BCUT2D eigenvalue weighted by Gasteiger charge is -2.05. The molecule has 2 heterocycles. The van der Waals surface area contributed by atoms with Crippen molar-refractivity contribution in [3.05, 3.63) is 72.1 Å². The van der Waals surface area contributed by atoms with Crippen molar-refractivity contribution in [2.45, 2.75) is 0 Å². The Balaban J connectivity index is 1.49. The molecule has 0 unspecified atom stereocenters. The summed E-state index contributed by atoms with van der Waals surface area (Å²) in [5.41, 5.74) is 7.46. The summed E-state index contributed by atoms with van der Waals surface area (Å²) >= 11 is 0. The maximum atomic E-state index is 12.3. The molecule has 2 aromatic carbocycles. The van der Waals surface area contributed by atoms with Gasteiger partial charge in [-0.05, 0) is 18.2 Å². The normalized spacial score (nSPS) is 10.8. The van der Waals surface area contributed by atoms with Gasteiger partial charge in [-0.3, -0.25) is 20.4 Å². The number of aromatic nitrogens is 2. The number of carbonyl (C=O) groups is 2. The van der Waals surface area contributed by atoms with Crippen LogP contribution in [0.5, 0.6) is 0 Å². The van der Waals surface area contributed by atoms with Crippen molar-refractivity contribution in [2.24, 2.45) is 0 Å². The molecule has 4 N–H and O–H groups in total. The monoisotopic (exact) mass is 318 g/mol. The minimum Gasteiger partial charge on any atom is -0.360 e. The van der Waals surface area contributed by atoms with Crippen LogP contribution < -0.4 is 10.9 Å². The minimum absolute atomic E-state index is 0.378. The summed E-state index contributed by atoms with van der Waals surface area (Å²) in [7, 11) is 0. The van der Waals surface area contributed by atoms with E-state index in [1.165, 1.54) is 0 Å². The molecule has 0 aliphatic heterocycles. The number of amides is 2. The summed E-state index contributed by atoms with van der Waals surface area (Å²) in [4.78, 5) is 30.5. The molecule has 24 heavy (non-hydrogen) atoms. The van der Waals surface area contributed by atoms with E-state index in [0.717, 1.165) is 21.8 Å². The van der Waals surface area contributed by atoms with Crippen molar-refractivity contribution >= 4 is 33.6 Å². The fourth-order valence-electron chi connectivity index (χ4n) is 2.70. The number of hydrogen-bond acceptors (Lipinski definition) is 2.